The Hall–Kier alpha value is -2.12. The fourth-order valence-corrected chi connectivity index (χ4v) is 3.23. The van der Waals surface area contributed by atoms with Gasteiger partial charge in [0.25, 0.3) is 5.91 Å². The van der Waals surface area contributed by atoms with Crippen molar-refractivity contribution in [1.82, 2.24) is 15.5 Å². The number of halogens is 1. The van der Waals surface area contributed by atoms with Gasteiger partial charge in [0.15, 0.2) is 5.82 Å². The third kappa shape index (κ3) is 2.70. The molecule has 0 spiro atoms. The molecule has 0 radical (unpaired) electrons. The lowest BCUT2D eigenvalue weighted by Gasteiger charge is -2.00. The van der Waals surface area contributed by atoms with E-state index in [1.165, 1.54) is 11.3 Å². The summed E-state index contributed by atoms with van der Waals surface area (Å²) in [5.74, 6) is 0.603. The minimum Gasteiger partial charge on any atom is -0.397 e. The van der Waals surface area contributed by atoms with Crippen LogP contribution in [-0.4, -0.2) is 16.0 Å². The zero-order chi connectivity index (χ0) is 15.0. The molecule has 1 aromatic carbocycles. The number of carbonyl (C=O) groups is 1. The second-order valence-electron chi connectivity index (χ2n) is 4.40. The van der Waals surface area contributed by atoms with Crippen LogP contribution in [0.15, 0.2) is 22.7 Å². The molecule has 0 aliphatic carbocycles. The number of nitrogens with two attached hydrogens (primary N) is 1. The van der Waals surface area contributed by atoms with Crippen molar-refractivity contribution in [3.05, 3.63) is 39.8 Å². The fraction of sp³-hybridized carbons (Fsp3) is 0.154. The van der Waals surface area contributed by atoms with Crippen molar-refractivity contribution in [2.24, 2.45) is 0 Å². The number of benzene rings is 1. The van der Waals surface area contributed by atoms with Gasteiger partial charge >= 0.3 is 0 Å². The highest BCUT2D eigenvalue weighted by molar-refractivity contribution is 7.21. The molecule has 2 heterocycles. The molecule has 3 rings (SSSR count). The lowest BCUT2D eigenvalue weighted by molar-refractivity contribution is 0.0954. The van der Waals surface area contributed by atoms with E-state index < -0.39 is 0 Å². The topological polar surface area (TPSA) is 94.0 Å². The normalized spacial score (nSPS) is 11.0. The number of fused-ring (bicyclic) bond motifs is 1. The van der Waals surface area contributed by atoms with E-state index in [0.29, 0.717) is 27.3 Å². The van der Waals surface area contributed by atoms with Crippen LogP contribution in [0.4, 0.5) is 5.69 Å². The molecule has 0 aliphatic heterocycles. The van der Waals surface area contributed by atoms with Gasteiger partial charge in [-0.15, -0.1) is 11.3 Å². The third-order valence-corrected chi connectivity index (χ3v) is 4.28. The Labute approximate surface area is 128 Å². The van der Waals surface area contributed by atoms with Crippen molar-refractivity contribution in [3.63, 3.8) is 0 Å². The van der Waals surface area contributed by atoms with Gasteiger partial charge in [0.05, 0.1) is 12.2 Å². The van der Waals surface area contributed by atoms with Crippen molar-refractivity contribution < 1.29 is 9.32 Å². The second-order valence-corrected chi connectivity index (χ2v) is 5.89. The molecule has 8 heteroatoms. The molecular weight excluding hydrogens is 312 g/mol. The first-order valence-corrected chi connectivity index (χ1v) is 7.29. The summed E-state index contributed by atoms with van der Waals surface area (Å²) in [6.07, 6.45) is 0. The first kappa shape index (κ1) is 13.8. The molecule has 6 nitrogen and oxygen atoms in total. The van der Waals surface area contributed by atoms with Gasteiger partial charge in [-0.1, -0.05) is 16.8 Å². The number of thiophene rings is 1. The quantitative estimate of drug-likeness (QED) is 0.773. The number of nitrogen functional groups attached to an aromatic ring is 1. The zero-order valence-electron chi connectivity index (χ0n) is 11.0. The number of hydrogen-bond acceptors (Lipinski definition) is 6. The third-order valence-electron chi connectivity index (χ3n) is 2.87. The van der Waals surface area contributed by atoms with Crippen LogP contribution in [0.5, 0.6) is 0 Å². The molecular formula is C13H11ClN4O2S. The molecule has 0 atom stereocenters. The number of rotatable bonds is 3. The number of anilines is 1. The molecule has 3 aromatic rings. The monoisotopic (exact) mass is 322 g/mol. The molecule has 0 saturated carbocycles. The number of nitrogens with zero attached hydrogens (tertiary/aromatic N) is 2. The number of nitrogens with one attached hydrogen (secondary N) is 1. The maximum atomic E-state index is 12.2. The minimum atomic E-state index is -0.271. The average molecular weight is 323 g/mol. The van der Waals surface area contributed by atoms with Crippen LogP contribution in [0.1, 0.15) is 21.4 Å². The van der Waals surface area contributed by atoms with E-state index in [-0.39, 0.29) is 12.5 Å². The van der Waals surface area contributed by atoms with Gasteiger partial charge in [-0.3, -0.25) is 4.79 Å². The highest BCUT2D eigenvalue weighted by Gasteiger charge is 2.17. The summed E-state index contributed by atoms with van der Waals surface area (Å²) in [7, 11) is 0. The van der Waals surface area contributed by atoms with Gasteiger partial charge < -0.3 is 15.6 Å². The van der Waals surface area contributed by atoms with Crippen LogP contribution in [0.25, 0.3) is 10.1 Å². The van der Waals surface area contributed by atoms with E-state index in [1.54, 1.807) is 19.1 Å². The standard InChI is InChI=1S/C13H11ClN4O2S/c1-6-17-10(18-20-6)5-16-13(19)12-11(15)8-3-2-7(14)4-9(8)21-12/h2-4H,5,15H2,1H3,(H,16,19). The number of amides is 1. The predicted octanol–water partition coefficient (Wildman–Crippen LogP) is 2.76. The molecule has 0 unspecified atom stereocenters. The molecule has 3 N–H and O–H groups in total. The van der Waals surface area contributed by atoms with Gasteiger partial charge in [-0.2, -0.15) is 4.98 Å². The smallest absolute Gasteiger partial charge is 0.263 e. The summed E-state index contributed by atoms with van der Waals surface area (Å²) in [6.45, 7) is 1.87. The highest BCUT2D eigenvalue weighted by Crippen LogP contribution is 2.35. The Kier molecular flexibility index (Phi) is 3.52. The number of hydrogen-bond donors (Lipinski definition) is 2. The van der Waals surface area contributed by atoms with E-state index >= 15 is 0 Å². The maximum Gasteiger partial charge on any atom is 0.263 e. The fourth-order valence-electron chi connectivity index (χ4n) is 1.91. The molecule has 21 heavy (non-hydrogen) atoms. The summed E-state index contributed by atoms with van der Waals surface area (Å²) in [4.78, 5) is 16.7. The Morgan fingerprint density at radius 2 is 2.33 bits per heavy atom. The van der Waals surface area contributed by atoms with Gasteiger partial charge in [-0.25, -0.2) is 0 Å². The van der Waals surface area contributed by atoms with Crippen LogP contribution in [0.2, 0.25) is 5.02 Å². The summed E-state index contributed by atoms with van der Waals surface area (Å²) in [5.41, 5.74) is 6.47. The van der Waals surface area contributed by atoms with Crippen molar-refractivity contribution in [2.45, 2.75) is 13.5 Å². The largest absolute Gasteiger partial charge is 0.397 e. The molecule has 0 saturated heterocycles. The average Bonchev–Trinajstić information content (AvgIpc) is 3.00. The van der Waals surface area contributed by atoms with Gasteiger partial charge in [0.2, 0.25) is 5.89 Å². The summed E-state index contributed by atoms with van der Waals surface area (Å²) >= 11 is 7.24. The Morgan fingerprint density at radius 3 is 3.05 bits per heavy atom. The van der Waals surface area contributed by atoms with E-state index in [4.69, 9.17) is 21.9 Å². The van der Waals surface area contributed by atoms with Crippen LogP contribution >= 0.6 is 22.9 Å². The van der Waals surface area contributed by atoms with E-state index in [9.17, 15) is 4.79 Å². The Morgan fingerprint density at radius 1 is 1.52 bits per heavy atom. The molecule has 0 bridgehead atoms. The van der Waals surface area contributed by atoms with Gasteiger partial charge in [0.1, 0.15) is 4.88 Å². The maximum absolute atomic E-state index is 12.2. The summed E-state index contributed by atoms with van der Waals surface area (Å²) in [5, 5.41) is 7.86. The number of aryl methyl sites for hydroxylation is 1. The first-order chi connectivity index (χ1) is 10.0. The van der Waals surface area contributed by atoms with E-state index in [2.05, 4.69) is 15.5 Å². The van der Waals surface area contributed by atoms with Crippen LogP contribution < -0.4 is 11.1 Å². The second kappa shape index (κ2) is 5.34. The lowest BCUT2D eigenvalue weighted by Crippen LogP contribution is -2.23. The van der Waals surface area contributed by atoms with Gasteiger partial charge in [-0.05, 0) is 18.2 Å². The molecule has 0 fully saturated rings. The molecule has 108 valence electrons. The molecule has 2 aromatic heterocycles. The lowest BCUT2D eigenvalue weighted by atomic mass is 10.2. The van der Waals surface area contributed by atoms with Gasteiger partial charge in [0, 0.05) is 22.0 Å². The number of carbonyl (C=O) groups excluding carboxylic acids is 1. The highest BCUT2D eigenvalue weighted by atomic mass is 35.5. The van der Waals surface area contributed by atoms with Crippen LogP contribution in [-0.2, 0) is 6.54 Å². The van der Waals surface area contributed by atoms with Crippen molar-refractivity contribution in [2.75, 3.05) is 5.73 Å². The minimum absolute atomic E-state index is 0.185. The Balaban J connectivity index is 1.82. The number of aromatic nitrogens is 2. The van der Waals surface area contributed by atoms with Crippen LogP contribution in [0, 0.1) is 6.92 Å². The molecule has 1 amide bonds. The first-order valence-electron chi connectivity index (χ1n) is 6.09. The van der Waals surface area contributed by atoms with Crippen molar-refractivity contribution in [3.8, 4) is 0 Å². The van der Waals surface area contributed by atoms with E-state index in [1.807, 2.05) is 6.07 Å². The SMILES string of the molecule is Cc1nc(CNC(=O)c2sc3cc(Cl)ccc3c2N)no1. The van der Waals surface area contributed by atoms with Crippen LogP contribution in [0.3, 0.4) is 0 Å². The predicted molar refractivity (Wildman–Crippen MR) is 81.5 cm³/mol. The van der Waals surface area contributed by atoms with Crippen molar-refractivity contribution in [1.29, 1.82) is 0 Å². The Bertz CT molecular complexity index is 827. The molecule has 0 aliphatic rings. The van der Waals surface area contributed by atoms with E-state index in [0.717, 1.165) is 10.1 Å². The zero-order valence-corrected chi connectivity index (χ0v) is 12.6. The summed E-state index contributed by atoms with van der Waals surface area (Å²) < 4.78 is 5.71. The summed E-state index contributed by atoms with van der Waals surface area (Å²) in [6, 6.07) is 5.34. The van der Waals surface area contributed by atoms with Crippen molar-refractivity contribution >= 4 is 44.6 Å².